The average Bonchev–Trinajstić information content (AvgIpc) is 3.60. The van der Waals surface area contributed by atoms with E-state index < -0.39 is 11.9 Å². The summed E-state index contributed by atoms with van der Waals surface area (Å²) in [5, 5.41) is 18.2. The standard InChI is InChI=1S/C27H30ClF3N10O/c1-17(14-40-16-34-37-38-40)42-24-11-18(3-8-22(24)28)19-12-32-26(33-13-19)35-23-15-41(36-25(23)27(29,30)31)21-6-4-20(5-7-21)39-9-2-10-39/h3,8,11-13,15-17,20-21H,2,4-7,9-10,14H2,1H3,(H,32,33,35)/t17-,20?,21?/m0/s1. The Morgan fingerprint density at radius 3 is 2.45 bits per heavy atom. The summed E-state index contributed by atoms with van der Waals surface area (Å²) in [6, 6.07) is 5.70. The van der Waals surface area contributed by atoms with Crippen molar-refractivity contribution < 1.29 is 17.9 Å². The lowest BCUT2D eigenvalue weighted by Crippen LogP contribution is -2.46. The highest BCUT2D eigenvalue weighted by molar-refractivity contribution is 6.32. The quantitative estimate of drug-likeness (QED) is 0.269. The lowest BCUT2D eigenvalue weighted by atomic mass is 9.89. The van der Waals surface area contributed by atoms with Crippen LogP contribution in [-0.4, -0.2) is 70.1 Å². The van der Waals surface area contributed by atoms with Crippen molar-refractivity contribution in [3.63, 3.8) is 0 Å². The van der Waals surface area contributed by atoms with E-state index in [0.29, 0.717) is 28.9 Å². The minimum absolute atomic E-state index is 0.0331. The Hall–Kier alpha value is -3.78. The van der Waals surface area contributed by atoms with Gasteiger partial charge in [0.2, 0.25) is 5.95 Å². The number of halogens is 4. The van der Waals surface area contributed by atoms with Crippen molar-refractivity contribution in [2.75, 3.05) is 18.4 Å². The minimum atomic E-state index is -4.62. The van der Waals surface area contributed by atoms with Crippen molar-refractivity contribution in [3.8, 4) is 16.9 Å². The maximum Gasteiger partial charge on any atom is 0.437 e. The molecule has 0 spiro atoms. The van der Waals surface area contributed by atoms with Crippen molar-refractivity contribution in [3.05, 3.63) is 53.8 Å². The normalized spacial score (nSPS) is 20.2. The molecule has 0 unspecified atom stereocenters. The molecule has 6 rings (SSSR count). The van der Waals surface area contributed by atoms with Gasteiger partial charge in [0.05, 0.1) is 23.3 Å². The van der Waals surface area contributed by atoms with Gasteiger partial charge >= 0.3 is 6.18 Å². The number of rotatable bonds is 9. The van der Waals surface area contributed by atoms with Gasteiger partial charge in [-0.05, 0) is 80.2 Å². The van der Waals surface area contributed by atoms with E-state index in [4.69, 9.17) is 16.3 Å². The Morgan fingerprint density at radius 2 is 1.81 bits per heavy atom. The summed E-state index contributed by atoms with van der Waals surface area (Å²) in [5.41, 5.74) is 0.225. The fourth-order valence-electron chi connectivity index (χ4n) is 5.49. The lowest BCUT2D eigenvalue weighted by molar-refractivity contribution is -0.141. The van der Waals surface area contributed by atoms with Crippen molar-refractivity contribution >= 4 is 23.2 Å². The number of ether oxygens (including phenoxy) is 1. The zero-order chi connectivity index (χ0) is 29.3. The fourth-order valence-corrected chi connectivity index (χ4v) is 5.65. The predicted octanol–water partition coefficient (Wildman–Crippen LogP) is 5.40. The van der Waals surface area contributed by atoms with Gasteiger partial charge in [-0.1, -0.05) is 17.7 Å². The van der Waals surface area contributed by atoms with Crippen LogP contribution in [-0.2, 0) is 12.7 Å². The Balaban J connectivity index is 1.14. The molecule has 1 saturated heterocycles. The molecule has 0 radical (unpaired) electrons. The first-order chi connectivity index (χ1) is 20.2. The van der Waals surface area contributed by atoms with Gasteiger partial charge in [-0.15, -0.1) is 5.10 Å². The van der Waals surface area contributed by atoms with Crippen LogP contribution in [0.15, 0.2) is 43.1 Å². The number of anilines is 2. The molecule has 1 N–H and O–H groups in total. The van der Waals surface area contributed by atoms with Crippen molar-refractivity contribution in [1.82, 2.24) is 44.9 Å². The molecular weight excluding hydrogens is 573 g/mol. The summed E-state index contributed by atoms with van der Waals surface area (Å²) in [6.45, 7) is 4.53. The fraction of sp³-hybridized carbons (Fsp3) is 0.481. The maximum absolute atomic E-state index is 13.9. The molecule has 15 heteroatoms. The Labute approximate surface area is 245 Å². The maximum atomic E-state index is 13.9. The first kappa shape index (κ1) is 28.3. The van der Waals surface area contributed by atoms with Crippen LogP contribution in [0.3, 0.4) is 0 Å². The van der Waals surface area contributed by atoms with Gasteiger partial charge in [-0.3, -0.25) is 4.68 Å². The molecule has 4 aromatic rings. The topological polar surface area (TPSA) is 112 Å². The Kier molecular flexibility index (Phi) is 7.99. The third-order valence-corrected chi connectivity index (χ3v) is 8.09. The first-order valence-electron chi connectivity index (χ1n) is 13.9. The second-order valence-electron chi connectivity index (χ2n) is 10.7. The molecule has 2 aliphatic rings. The summed E-state index contributed by atoms with van der Waals surface area (Å²) >= 11 is 6.35. The molecule has 1 atom stereocenters. The number of nitrogens with one attached hydrogen (secondary N) is 1. The molecular formula is C27H30ClF3N10O. The predicted molar refractivity (Wildman–Crippen MR) is 148 cm³/mol. The van der Waals surface area contributed by atoms with E-state index in [0.717, 1.165) is 44.3 Å². The molecule has 1 aromatic carbocycles. The summed E-state index contributed by atoms with van der Waals surface area (Å²) in [6.07, 6.45) is 5.84. The molecule has 0 amide bonds. The van der Waals surface area contributed by atoms with Gasteiger partial charge in [0.25, 0.3) is 0 Å². The third kappa shape index (κ3) is 6.33. The van der Waals surface area contributed by atoms with E-state index in [1.54, 1.807) is 22.9 Å². The Morgan fingerprint density at radius 1 is 1.07 bits per heavy atom. The molecule has 3 aromatic heterocycles. The largest absolute Gasteiger partial charge is 0.487 e. The number of hydrogen-bond donors (Lipinski definition) is 1. The smallest absolute Gasteiger partial charge is 0.437 e. The molecule has 0 bridgehead atoms. The van der Waals surface area contributed by atoms with Crippen LogP contribution in [0.5, 0.6) is 5.75 Å². The van der Waals surface area contributed by atoms with E-state index in [2.05, 4.69) is 40.8 Å². The van der Waals surface area contributed by atoms with Crippen LogP contribution in [0.2, 0.25) is 5.02 Å². The molecule has 1 aliphatic carbocycles. The van der Waals surface area contributed by atoms with Gasteiger partial charge in [0.1, 0.15) is 18.2 Å². The zero-order valence-corrected chi connectivity index (χ0v) is 23.6. The minimum Gasteiger partial charge on any atom is -0.487 e. The van der Waals surface area contributed by atoms with Crippen molar-refractivity contribution in [2.45, 2.75) is 69.9 Å². The zero-order valence-electron chi connectivity index (χ0n) is 22.9. The summed E-state index contributed by atoms with van der Waals surface area (Å²) < 4.78 is 50.7. The number of likely N-dealkylation sites (tertiary alicyclic amines) is 1. The van der Waals surface area contributed by atoms with Crippen LogP contribution < -0.4 is 10.1 Å². The second kappa shape index (κ2) is 11.8. The number of aromatic nitrogens is 8. The molecule has 42 heavy (non-hydrogen) atoms. The molecule has 222 valence electrons. The van der Waals surface area contributed by atoms with Crippen LogP contribution in [0.25, 0.3) is 11.1 Å². The summed E-state index contributed by atoms with van der Waals surface area (Å²) in [4.78, 5) is 11.0. The van der Waals surface area contributed by atoms with Crippen LogP contribution in [0, 0.1) is 0 Å². The van der Waals surface area contributed by atoms with E-state index in [9.17, 15) is 13.2 Å². The molecule has 1 saturated carbocycles. The van der Waals surface area contributed by atoms with Crippen molar-refractivity contribution in [1.29, 1.82) is 0 Å². The highest BCUT2D eigenvalue weighted by Gasteiger charge is 2.39. The highest BCUT2D eigenvalue weighted by atomic mass is 35.5. The molecule has 4 heterocycles. The van der Waals surface area contributed by atoms with Gasteiger partial charge in [-0.2, -0.15) is 18.3 Å². The van der Waals surface area contributed by atoms with Crippen molar-refractivity contribution in [2.24, 2.45) is 0 Å². The SMILES string of the molecule is C[C@@H](Cn1cnnn1)Oc1cc(-c2cnc(Nc3cn(C4CCC(N5CCC5)CC4)nc3C(F)(F)F)nc2)ccc1Cl. The number of hydrogen-bond acceptors (Lipinski definition) is 9. The van der Waals surface area contributed by atoms with Gasteiger partial charge in [0.15, 0.2) is 5.69 Å². The lowest BCUT2D eigenvalue weighted by Gasteiger charge is -2.42. The number of benzene rings is 1. The van der Waals surface area contributed by atoms with Crippen LogP contribution in [0.4, 0.5) is 24.8 Å². The second-order valence-corrected chi connectivity index (χ2v) is 11.2. The van der Waals surface area contributed by atoms with Gasteiger partial charge in [0, 0.05) is 30.2 Å². The van der Waals surface area contributed by atoms with E-state index in [-0.39, 0.29) is 23.8 Å². The molecule has 2 fully saturated rings. The number of tetrazole rings is 1. The third-order valence-electron chi connectivity index (χ3n) is 7.77. The summed E-state index contributed by atoms with van der Waals surface area (Å²) in [7, 11) is 0. The van der Waals surface area contributed by atoms with E-state index >= 15 is 0 Å². The van der Waals surface area contributed by atoms with Crippen LogP contribution >= 0.6 is 11.6 Å². The molecule has 1 aliphatic heterocycles. The average molecular weight is 603 g/mol. The van der Waals surface area contributed by atoms with Gasteiger partial charge in [-0.25, -0.2) is 14.6 Å². The Bertz CT molecular complexity index is 1480. The van der Waals surface area contributed by atoms with Gasteiger partial charge < -0.3 is 15.0 Å². The van der Waals surface area contributed by atoms with E-state index in [1.165, 1.54) is 36.0 Å². The first-order valence-corrected chi connectivity index (χ1v) is 14.3. The monoisotopic (exact) mass is 602 g/mol. The van der Waals surface area contributed by atoms with Crippen LogP contribution in [0.1, 0.15) is 50.8 Å². The number of nitrogens with zero attached hydrogens (tertiary/aromatic N) is 9. The molecule has 11 nitrogen and oxygen atoms in total. The number of alkyl halides is 3. The highest BCUT2D eigenvalue weighted by Crippen LogP contribution is 2.38. The summed E-state index contributed by atoms with van der Waals surface area (Å²) in [5.74, 6) is 0.490. The van der Waals surface area contributed by atoms with E-state index in [1.807, 2.05) is 6.92 Å².